The highest BCUT2D eigenvalue weighted by Gasteiger charge is 2.34. The van der Waals surface area contributed by atoms with Gasteiger partial charge < -0.3 is 10.6 Å². The van der Waals surface area contributed by atoms with Crippen molar-refractivity contribution in [1.82, 2.24) is 5.32 Å². The number of amidine groups is 1. The quantitative estimate of drug-likeness (QED) is 0.624. The zero-order valence-electron chi connectivity index (χ0n) is 12.9. The van der Waals surface area contributed by atoms with Crippen molar-refractivity contribution in [1.29, 1.82) is 0 Å². The molecular formula is C15H16N4O4S. The summed E-state index contributed by atoms with van der Waals surface area (Å²) in [4.78, 5) is 38.9. The second-order valence-electron chi connectivity index (χ2n) is 5.79. The maximum absolute atomic E-state index is 12.1. The van der Waals surface area contributed by atoms with Crippen molar-refractivity contribution in [2.75, 3.05) is 5.32 Å². The van der Waals surface area contributed by atoms with Crippen molar-refractivity contribution in [2.24, 2.45) is 4.99 Å². The molecule has 2 N–H and O–H groups in total. The number of hydrogen-bond acceptors (Lipinski definition) is 6. The molecule has 0 bridgehead atoms. The summed E-state index contributed by atoms with van der Waals surface area (Å²) in [6, 6.07) is 4.86. The minimum atomic E-state index is -0.563. The van der Waals surface area contributed by atoms with Crippen LogP contribution in [0, 0.1) is 17.0 Å². The first kappa shape index (κ1) is 16.4. The van der Waals surface area contributed by atoms with E-state index in [0.717, 1.165) is 18.4 Å². The lowest BCUT2D eigenvalue weighted by molar-refractivity contribution is -0.384. The van der Waals surface area contributed by atoms with Crippen LogP contribution in [0.2, 0.25) is 0 Å². The summed E-state index contributed by atoms with van der Waals surface area (Å²) in [6.45, 7) is 1.73. The molecule has 1 aromatic rings. The molecule has 1 atom stereocenters. The molecule has 0 aromatic heterocycles. The van der Waals surface area contributed by atoms with Gasteiger partial charge in [-0.3, -0.25) is 24.7 Å². The van der Waals surface area contributed by atoms with Crippen LogP contribution in [-0.2, 0) is 9.59 Å². The maximum atomic E-state index is 12.1. The van der Waals surface area contributed by atoms with Crippen molar-refractivity contribution < 1.29 is 14.5 Å². The van der Waals surface area contributed by atoms with E-state index in [-0.39, 0.29) is 29.7 Å². The van der Waals surface area contributed by atoms with Crippen molar-refractivity contribution in [3.05, 3.63) is 33.9 Å². The highest BCUT2D eigenvalue weighted by atomic mass is 32.2. The molecule has 1 aliphatic carbocycles. The van der Waals surface area contributed by atoms with E-state index in [4.69, 9.17) is 0 Å². The van der Waals surface area contributed by atoms with Gasteiger partial charge in [-0.1, -0.05) is 17.8 Å². The summed E-state index contributed by atoms with van der Waals surface area (Å²) < 4.78 is 0. The molecule has 0 radical (unpaired) electrons. The lowest BCUT2D eigenvalue weighted by Crippen LogP contribution is -2.28. The van der Waals surface area contributed by atoms with Gasteiger partial charge in [-0.2, -0.15) is 0 Å². The summed E-state index contributed by atoms with van der Waals surface area (Å²) in [7, 11) is 0. The predicted octanol–water partition coefficient (Wildman–Crippen LogP) is 1.98. The van der Waals surface area contributed by atoms with E-state index in [1.54, 1.807) is 13.0 Å². The molecule has 0 spiro atoms. The van der Waals surface area contributed by atoms with Crippen molar-refractivity contribution >= 4 is 40.1 Å². The molecule has 9 heteroatoms. The fourth-order valence-electron chi connectivity index (χ4n) is 2.24. The van der Waals surface area contributed by atoms with Crippen LogP contribution in [0.1, 0.15) is 24.8 Å². The molecule has 2 amide bonds. The van der Waals surface area contributed by atoms with Gasteiger partial charge >= 0.3 is 0 Å². The fourth-order valence-corrected chi connectivity index (χ4v) is 3.28. The Morgan fingerprint density at radius 3 is 2.92 bits per heavy atom. The van der Waals surface area contributed by atoms with E-state index in [2.05, 4.69) is 15.6 Å². The van der Waals surface area contributed by atoms with Crippen LogP contribution in [0.25, 0.3) is 0 Å². The monoisotopic (exact) mass is 348 g/mol. The second kappa shape index (κ2) is 6.60. The Morgan fingerprint density at radius 1 is 1.50 bits per heavy atom. The SMILES string of the molecule is Cc1ccc(NC(=O)CC2SC(=NC3CC3)NC2=O)c([N+](=O)[O-])c1. The van der Waals surface area contributed by atoms with Gasteiger partial charge in [-0.15, -0.1) is 0 Å². The summed E-state index contributed by atoms with van der Waals surface area (Å²) >= 11 is 1.23. The van der Waals surface area contributed by atoms with Crippen LogP contribution in [0.15, 0.2) is 23.2 Å². The van der Waals surface area contributed by atoms with E-state index in [1.165, 1.54) is 23.9 Å². The Labute approximate surface area is 142 Å². The van der Waals surface area contributed by atoms with Gasteiger partial charge in [0.15, 0.2) is 5.17 Å². The molecule has 1 aromatic carbocycles. The third kappa shape index (κ3) is 3.91. The Bertz CT molecular complexity index is 745. The van der Waals surface area contributed by atoms with Gasteiger partial charge in [0.25, 0.3) is 5.69 Å². The number of hydrogen-bond donors (Lipinski definition) is 2. The first-order valence-electron chi connectivity index (χ1n) is 7.52. The van der Waals surface area contributed by atoms with Gasteiger partial charge in [0.1, 0.15) is 10.9 Å². The molecule has 1 heterocycles. The normalized spacial score (nSPS) is 21.6. The van der Waals surface area contributed by atoms with Crippen molar-refractivity contribution in [3.63, 3.8) is 0 Å². The van der Waals surface area contributed by atoms with E-state index in [9.17, 15) is 19.7 Å². The zero-order chi connectivity index (χ0) is 17.3. The van der Waals surface area contributed by atoms with E-state index >= 15 is 0 Å². The Morgan fingerprint density at radius 2 is 2.25 bits per heavy atom. The van der Waals surface area contributed by atoms with Crippen LogP contribution >= 0.6 is 11.8 Å². The first-order chi connectivity index (χ1) is 11.4. The molecular weight excluding hydrogens is 332 g/mol. The van der Waals surface area contributed by atoms with Crippen LogP contribution in [0.3, 0.4) is 0 Å². The number of nitrogens with one attached hydrogen (secondary N) is 2. The Hall–Kier alpha value is -2.42. The number of nitrogens with zero attached hydrogens (tertiary/aromatic N) is 2. The Kier molecular flexibility index (Phi) is 4.52. The molecule has 2 fully saturated rings. The number of anilines is 1. The van der Waals surface area contributed by atoms with Crippen LogP contribution in [0.4, 0.5) is 11.4 Å². The van der Waals surface area contributed by atoms with Crippen LogP contribution < -0.4 is 10.6 Å². The van der Waals surface area contributed by atoms with Gasteiger partial charge in [0.2, 0.25) is 11.8 Å². The number of aliphatic imine (C=N–C) groups is 1. The summed E-state index contributed by atoms with van der Waals surface area (Å²) in [6.07, 6.45) is 2.00. The molecule has 2 aliphatic rings. The van der Waals surface area contributed by atoms with E-state index < -0.39 is 16.1 Å². The molecule has 1 aliphatic heterocycles. The number of carbonyl (C=O) groups excluding carboxylic acids is 2. The van der Waals surface area contributed by atoms with Gasteiger partial charge in [0.05, 0.1) is 11.0 Å². The molecule has 3 rings (SSSR count). The second-order valence-corrected chi connectivity index (χ2v) is 6.98. The average Bonchev–Trinajstić information content (AvgIpc) is 3.25. The summed E-state index contributed by atoms with van der Waals surface area (Å²) in [5.41, 5.74) is 0.695. The zero-order valence-corrected chi connectivity index (χ0v) is 13.8. The number of aryl methyl sites for hydroxylation is 1. The molecule has 1 saturated carbocycles. The minimum absolute atomic E-state index is 0.0643. The third-order valence-electron chi connectivity index (χ3n) is 3.62. The molecule has 8 nitrogen and oxygen atoms in total. The Balaban J connectivity index is 1.64. The molecule has 1 saturated heterocycles. The van der Waals surface area contributed by atoms with Gasteiger partial charge in [-0.05, 0) is 31.4 Å². The summed E-state index contributed by atoms with van der Waals surface area (Å²) in [5.74, 6) is -0.699. The highest BCUT2D eigenvalue weighted by molar-refractivity contribution is 8.15. The predicted molar refractivity (Wildman–Crippen MR) is 91.1 cm³/mol. The van der Waals surface area contributed by atoms with E-state index in [1.807, 2.05) is 0 Å². The number of rotatable bonds is 5. The van der Waals surface area contributed by atoms with Crippen LogP contribution in [-0.4, -0.2) is 33.2 Å². The lowest BCUT2D eigenvalue weighted by Gasteiger charge is -2.08. The van der Waals surface area contributed by atoms with E-state index in [0.29, 0.717) is 5.17 Å². The number of nitro groups is 1. The largest absolute Gasteiger partial charge is 0.320 e. The van der Waals surface area contributed by atoms with Gasteiger partial charge in [0, 0.05) is 12.5 Å². The number of carbonyl (C=O) groups is 2. The number of benzene rings is 1. The minimum Gasteiger partial charge on any atom is -0.320 e. The number of amides is 2. The maximum Gasteiger partial charge on any atom is 0.293 e. The topological polar surface area (TPSA) is 114 Å². The number of nitro benzene ring substituents is 1. The van der Waals surface area contributed by atoms with Crippen molar-refractivity contribution in [2.45, 2.75) is 37.5 Å². The molecule has 24 heavy (non-hydrogen) atoms. The smallest absolute Gasteiger partial charge is 0.293 e. The lowest BCUT2D eigenvalue weighted by atomic mass is 10.2. The number of thioether (sulfide) groups is 1. The first-order valence-corrected chi connectivity index (χ1v) is 8.40. The average molecular weight is 348 g/mol. The third-order valence-corrected chi connectivity index (χ3v) is 4.71. The molecule has 1 unspecified atom stereocenters. The fraction of sp³-hybridized carbons (Fsp3) is 0.400. The van der Waals surface area contributed by atoms with Crippen LogP contribution in [0.5, 0.6) is 0 Å². The van der Waals surface area contributed by atoms with Crippen molar-refractivity contribution in [3.8, 4) is 0 Å². The standard InChI is InChI=1S/C15H16N4O4S/c1-8-2-5-10(11(6-8)19(22)23)17-13(20)7-12-14(21)18-15(24-12)16-9-3-4-9/h2,5-6,9,12H,3-4,7H2,1H3,(H,17,20)(H,16,18,21). The summed E-state index contributed by atoms with van der Waals surface area (Å²) in [5, 5.41) is 16.3. The highest BCUT2D eigenvalue weighted by Crippen LogP contribution is 2.30. The van der Waals surface area contributed by atoms with Gasteiger partial charge in [-0.25, -0.2) is 0 Å². The molecule has 126 valence electrons.